The zero-order chi connectivity index (χ0) is 64.4. The first-order valence-electron chi connectivity index (χ1n) is 38.0. The molecule has 4 aromatic heterocycles. The van der Waals surface area contributed by atoms with Crippen molar-refractivity contribution in [2.75, 3.05) is 52.4 Å². The third kappa shape index (κ3) is 10.9. The summed E-state index contributed by atoms with van der Waals surface area (Å²) < 4.78 is 17.9. The third-order valence-electron chi connectivity index (χ3n) is 26.6. The minimum Gasteiger partial charge on any atom is -0.460 e. The van der Waals surface area contributed by atoms with E-state index >= 15 is 0 Å². The smallest absolute Gasteiger partial charge is 0.134 e. The van der Waals surface area contributed by atoms with E-state index in [0.717, 1.165) is 90.2 Å². The fraction of sp³-hybridized carbons (Fsp3) is 0.512. The molecular formula is C86H102N8O2. The molecule has 25 rings (SSSR count). The van der Waals surface area contributed by atoms with E-state index in [4.69, 9.17) is 13.8 Å². The number of furan rings is 2. The van der Waals surface area contributed by atoms with E-state index in [2.05, 4.69) is 209 Å². The molecule has 11 aliphatic heterocycles. The Morgan fingerprint density at radius 3 is 1.56 bits per heavy atom. The van der Waals surface area contributed by atoms with Gasteiger partial charge in [-0.2, -0.15) is 0 Å². The molecule has 15 heterocycles. The van der Waals surface area contributed by atoms with Crippen molar-refractivity contribution in [1.29, 1.82) is 0 Å². The van der Waals surface area contributed by atoms with Gasteiger partial charge in [-0.1, -0.05) is 123 Å². The number of rotatable bonds is 7. The molecule has 15 aliphatic rings. The summed E-state index contributed by atoms with van der Waals surface area (Å²) in [7, 11) is 0. The lowest BCUT2D eigenvalue weighted by atomic mass is 9.64. The van der Waals surface area contributed by atoms with Crippen LogP contribution in [0.3, 0.4) is 0 Å². The van der Waals surface area contributed by atoms with Crippen LogP contribution < -0.4 is 0 Å². The van der Waals surface area contributed by atoms with E-state index in [1.54, 1.807) is 0 Å². The Kier molecular flexibility index (Phi) is 16.1. The highest BCUT2D eigenvalue weighted by Crippen LogP contribution is 2.57. The van der Waals surface area contributed by atoms with Crippen molar-refractivity contribution in [3.63, 3.8) is 0 Å². The van der Waals surface area contributed by atoms with Crippen LogP contribution in [0, 0.1) is 63.2 Å². The third-order valence-corrected chi connectivity index (χ3v) is 26.6. The quantitative estimate of drug-likeness (QED) is 0.156. The molecular weight excluding hydrogens is 1180 g/mol. The van der Waals surface area contributed by atoms with Crippen molar-refractivity contribution in [3.05, 3.63) is 202 Å². The van der Waals surface area contributed by atoms with Crippen LogP contribution in [-0.4, -0.2) is 115 Å². The van der Waals surface area contributed by atoms with Gasteiger partial charge in [0, 0.05) is 141 Å². The molecule has 0 radical (unpaired) electrons. The van der Waals surface area contributed by atoms with Gasteiger partial charge < -0.3 is 18.0 Å². The van der Waals surface area contributed by atoms with Crippen LogP contribution in [0.4, 0.5) is 0 Å². The van der Waals surface area contributed by atoms with Crippen LogP contribution in [0.15, 0.2) is 149 Å². The molecule has 0 N–H and O–H groups in total. The summed E-state index contributed by atoms with van der Waals surface area (Å²) in [4.78, 5) is 20.8. The Balaban J connectivity index is 0.0000000937. The van der Waals surface area contributed by atoms with Crippen molar-refractivity contribution < 1.29 is 8.83 Å². The second kappa shape index (κ2) is 25.2. The fourth-order valence-electron chi connectivity index (χ4n) is 22.5. The Hall–Kier alpha value is -6.82. The molecule has 10 aromatic rings. The Labute approximate surface area is 569 Å². The van der Waals surface area contributed by atoms with Crippen molar-refractivity contribution in [2.45, 2.75) is 192 Å². The lowest BCUT2D eigenvalue weighted by molar-refractivity contribution is -0.0134. The van der Waals surface area contributed by atoms with Gasteiger partial charge in [0.1, 0.15) is 28.5 Å². The topological polar surface area (TPSA) is 74.9 Å². The molecule has 4 saturated carbocycles. The molecule has 12 fully saturated rings. The predicted molar refractivity (Wildman–Crippen MR) is 389 cm³/mol. The largest absolute Gasteiger partial charge is 0.460 e. The van der Waals surface area contributed by atoms with Crippen molar-refractivity contribution in [1.82, 2.24) is 38.7 Å². The predicted octanol–water partition coefficient (Wildman–Crippen LogP) is 17.9. The standard InChI is InChI=1S/2C24H25NO.C19H25N3.C19H27N3/c2*1-15-7-8-22-20(11-15)18-9-10-25-14-16-12-19(17-5-3-2-4-6-17)23(25)21(13-16)24(18)26-22;1-3-14-9-13-10-15-18(14)21(11-13)6-7-22-17-8-12(2)4-5-16(17)20-19(15)22;1-3-16-11-15-5-7-18(16)21(12-15)8-9-22-13-20-17-6-4-14(2)10-19(17)22/h2*2-8,11,16,19,21,23H,9-10,12-14H2,1H3;4-5,8,13-15,18H,3,6-7,9-11H2,1-2H3;4,6,10,13,15-16,18H,3,5,7-9,11-12H2,1-2H3. The monoisotopic (exact) mass is 1280 g/mol. The number of imidazole rings is 2. The number of aromatic nitrogens is 4. The molecule has 0 spiro atoms. The Morgan fingerprint density at radius 2 is 0.969 bits per heavy atom. The van der Waals surface area contributed by atoms with Crippen LogP contribution in [0.2, 0.25) is 0 Å². The zero-order valence-electron chi connectivity index (χ0n) is 58.1. The molecule has 498 valence electrons. The number of hydrogen-bond acceptors (Lipinski definition) is 8. The van der Waals surface area contributed by atoms with Gasteiger partial charge in [0.2, 0.25) is 0 Å². The molecule has 10 heteroatoms. The number of benzene rings is 6. The lowest BCUT2D eigenvalue weighted by Crippen LogP contribution is -2.56. The average Bonchev–Trinajstić information content (AvgIpc) is 1.56. The van der Waals surface area contributed by atoms with Crippen molar-refractivity contribution in [3.8, 4) is 0 Å². The summed E-state index contributed by atoms with van der Waals surface area (Å²) >= 11 is 0. The molecule has 10 nitrogen and oxygen atoms in total. The molecule has 4 aliphatic carbocycles. The SMILES string of the molecule is CCC1CC2CC3c4nc5ccc(C)cc5n4CCN(C2)C13.CCC1CC2CCC1N(CCn1cnc3ccc(C)cc31)C2.Cc1ccc2oc3c(c2c1)CCN1CC2CC(c4ccccc4)C1C3C2.Cc1ccc2oc3c(c2c1)CCN1CC2CC(c4ccccc4)C1C3C2. The van der Waals surface area contributed by atoms with Crippen LogP contribution >= 0.6 is 0 Å². The second-order valence-electron chi connectivity index (χ2n) is 32.3. The minimum absolute atomic E-state index is 0.554. The summed E-state index contributed by atoms with van der Waals surface area (Å²) in [6, 6.07) is 51.8. The molecule has 6 aromatic carbocycles. The van der Waals surface area contributed by atoms with Gasteiger partial charge in [-0.25, -0.2) is 9.97 Å². The van der Waals surface area contributed by atoms with Gasteiger partial charge in [-0.3, -0.25) is 19.6 Å². The summed E-state index contributed by atoms with van der Waals surface area (Å²) in [5, 5.41) is 2.72. The lowest BCUT2D eigenvalue weighted by Gasteiger charge is -2.53. The number of nitrogens with zero attached hydrogens (tertiary/aromatic N) is 8. The van der Waals surface area contributed by atoms with Crippen molar-refractivity contribution in [2.24, 2.45) is 35.5 Å². The van der Waals surface area contributed by atoms with Gasteiger partial charge in [0.15, 0.2) is 0 Å². The summed E-state index contributed by atoms with van der Waals surface area (Å²) in [5.41, 5.74) is 18.5. The van der Waals surface area contributed by atoms with Crippen LogP contribution in [0.25, 0.3) is 44.0 Å². The van der Waals surface area contributed by atoms with Crippen LogP contribution in [0.1, 0.15) is 176 Å². The van der Waals surface area contributed by atoms with E-state index < -0.39 is 0 Å². The highest BCUT2D eigenvalue weighted by Gasteiger charge is 2.53. The van der Waals surface area contributed by atoms with E-state index in [0.29, 0.717) is 41.7 Å². The molecule has 18 atom stereocenters. The fourth-order valence-corrected chi connectivity index (χ4v) is 22.5. The first-order chi connectivity index (χ1) is 47.0. The van der Waals surface area contributed by atoms with Gasteiger partial charge in [0.05, 0.1) is 28.4 Å². The van der Waals surface area contributed by atoms with Crippen molar-refractivity contribution >= 4 is 44.0 Å². The normalized spacial score (nSPS) is 32.4. The average molecular weight is 1280 g/mol. The Morgan fingerprint density at radius 1 is 0.448 bits per heavy atom. The van der Waals surface area contributed by atoms with Gasteiger partial charge >= 0.3 is 0 Å². The van der Waals surface area contributed by atoms with E-state index in [1.807, 2.05) is 6.33 Å². The highest BCUT2D eigenvalue weighted by molar-refractivity contribution is 5.85. The molecule has 0 amide bonds. The molecule has 18 unspecified atom stereocenters. The van der Waals surface area contributed by atoms with E-state index in [1.165, 1.54) is 212 Å². The maximum absolute atomic E-state index is 6.52. The minimum atomic E-state index is 0.554. The molecule has 14 bridgehead atoms. The summed E-state index contributed by atoms with van der Waals surface area (Å²) in [6.45, 7) is 25.6. The summed E-state index contributed by atoms with van der Waals surface area (Å²) in [6.07, 6.45) is 19.4. The first-order valence-corrected chi connectivity index (χ1v) is 38.0. The zero-order valence-corrected chi connectivity index (χ0v) is 58.1. The molecule has 8 saturated heterocycles. The van der Waals surface area contributed by atoms with E-state index in [9.17, 15) is 0 Å². The van der Waals surface area contributed by atoms with E-state index in [-0.39, 0.29) is 0 Å². The number of aryl methyl sites for hydroxylation is 4. The number of hydrogen-bond donors (Lipinski definition) is 0. The number of fused-ring (bicyclic) bond motifs is 16. The first kappa shape index (κ1) is 61.5. The van der Waals surface area contributed by atoms with Gasteiger partial charge in [0.25, 0.3) is 0 Å². The summed E-state index contributed by atoms with van der Waals surface area (Å²) in [5.74, 6) is 12.3. The molecule has 96 heavy (non-hydrogen) atoms. The van der Waals surface area contributed by atoms with Crippen LogP contribution in [0.5, 0.6) is 0 Å². The van der Waals surface area contributed by atoms with Crippen LogP contribution in [-0.2, 0) is 25.9 Å². The maximum Gasteiger partial charge on any atom is 0.134 e. The van der Waals surface area contributed by atoms with Gasteiger partial charge in [-0.05, 0) is 205 Å². The number of piperidine rings is 8. The highest BCUT2D eigenvalue weighted by atomic mass is 16.3. The second-order valence-corrected chi connectivity index (χ2v) is 32.3. The maximum atomic E-state index is 6.52. The van der Waals surface area contributed by atoms with Gasteiger partial charge in [-0.15, -0.1) is 0 Å². The Bertz CT molecular complexity index is 4300.